The molecular formula is C16H14N2O4S. The molecule has 0 spiro atoms. The van der Waals surface area contributed by atoms with E-state index in [-0.39, 0.29) is 10.7 Å². The SMILES string of the molecule is CC(=O)c1ccc(S(=O)(=O)NC(=O)/C=C/c2ccccn2)cc1. The van der Waals surface area contributed by atoms with E-state index in [1.54, 1.807) is 24.4 Å². The zero-order chi connectivity index (χ0) is 16.9. The van der Waals surface area contributed by atoms with Gasteiger partial charge >= 0.3 is 0 Å². The Morgan fingerprint density at radius 1 is 1.09 bits per heavy atom. The number of ketones is 1. The fourth-order valence-electron chi connectivity index (χ4n) is 1.73. The minimum absolute atomic E-state index is 0.0953. The van der Waals surface area contributed by atoms with Crippen LogP contribution in [0, 0.1) is 0 Å². The van der Waals surface area contributed by atoms with Crippen LogP contribution < -0.4 is 4.72 Å². The minimum atomic E-state index is -3.99. The van der Waals surface area contributed by atoms with Crippen molar-refractivity contribution in [2.24, 2.45) is 0 Å². The maximum absolute atomic E-state index is 12.1. The van der Waals surface area contributed by atoms with Gasteiger partial charge in [0.2, 0.25) is 0 Å². The molecule has 0 unspecified atom stereocenters. The number of hydrogen-bond acceptors (Lipinski definition) is 5. The number of nitrogens with one attached hydrogen (secondary N) is 1. The monoisotopic (exact) mass is 330 g/mol. The molecule has 6 nitrogen and oxygen atoms in total. The van der Waals surface area contributed by atoms with Gasteiger partial charge in [0.25, 0.3) is 15.9 Å². The highest BCUT2D eigenvalue weighted by atomic mass is 32.2. The molecule has 0 atom stereocenters. The average Bonchev–Trinajstić information content (AvgIpc) is 2.53. The lowest BCUT2D eigenvalue weighted by atomic mass is 10.2. The van der Waals surface area contributed by atoms with Gasteiger partial charge in [0, 0.05) is 17.8 Å². The highest BCUT2D eigenvalue weighted by Crippen LogP contribution is 2.11. The van der Waals surface area contributed by atoms with Gasteiger partial charge < -0.3 is 0 Å². The molecular weight excluding hydrogens is 316 g/mol. The van der Waals surface area contributed by atoms with Crippen LogP contribution >= 0.6 is 0 Å². The first-order valence-electron chi connectivity index (χ1n) is 6.65. The van der Waals surface area contributed by atoms with Gasteiger partial charge in [0.15, 0.2) is 5.78 Å². The molecule has 0 aliphatic carbocycles. The first-order chi connectivity index (χ1) is 10.9. The van der Waals surface area contributed by atoms with Gasteiger partial charge in [-0.25, -0.2) is 13.1 Å². The number of nitrogens with zero attached hydrogens (tertiary/aromatic N) is 1. The molecule has 0 aliphatic heterocycles. The third kappa shape index (κ3) is 4.58. The van der Waals surface area contributed by atoms with Gasteiger partial charge in [-0.2, -0.15) is 0 Å². The molecule has 1 heterocycles. The number of benzene rings is 1. The van der Waals surface area contributed by atoms with Crippen LogP contribution in [0.1, 0.15) is 23.0 Å². The lowest BCUT2D eigenvalue weighted by Crippen LogP contribution is -2.29. The van der Waals surface area contributed by atoms with E-state index in [0.29, 0.717) is 11.3 Å². The standard InChI is InChI=1S/C16H14N2O4S/c1-12(19)13-5-8-15(9-6-13)23(21,22)18-16(20)10-7-14-4-2-3-11-17-14/h2-11H,1H3,(H,18,20)/b10-7+. The number of carbonyl (C=O) groups excluding carboxylic acids is 2. The van der Waals surface area contributed by atoms with Gasteiger partial charge in [0.1, 0.15) is 0 Å². The number of carbonyl (C=O) groups is 2. The molecule has 2 rings (SSSR count). The summed E-state index contributed by atoms with van der Waals surface area (Å²) in [6, 6.07) is 10.5. The Balaban J connectivity index is 2.10. The number of sulfonamides is 1. The van der Waals surface area contributed by atoms with Crippen LogP contribution in [-0.4, -0.2) is 25.1 Å². The van der Waals surface area contributed by atoms with Crippen LogP contribution in [0.4, 0.5) is 0 Å². The van der Waals surface area contributed by atoms with E-state index in [4.69, 9.17) is 0 Å². The molecule has 0 saturated heterocycles. The van der Waals surface area contributed by atoms with Gasteiger partial charge in [-0.05, 0) is 37.3 Å². The highest BCUT2D eigenvalue weighted by Gasteiger charge is 2.16. The quantitative estimate of drug-likeness (QED) is 0.666. The van der Waals surface area contributed by atoms with E-state index in [2.05, 4.69) is 4.98 Å². The Hall–Kier alpha value is -2.80. The van der Waals surface area contributed by atoms with Crippen LogP contribution in [0.15, 0.2) is 59.6 Å². The van der Waals surface area contributed by atoms with Crippen molar-refractivity contribution in [3.05, 3.63) is 66.0 Å². The maximum atomic E-state index is 12.1. The molecule has 0 aliphatic rings. The van der Waals surface area contributed by atoms with E-state index in [9.17, 15) is 18.0 Å². The lowest BCUT2D eigenvalue weighted by molar-refractivity contribution is -0.114. The summed E-state index contributed by atoms with van der Waals surface area (Å²) >= 11 is 0. The summed E-state index contributed by atoms with van der Waals surface area (Å²) < 4.78 is 26.1. The molecule has 23 heavy (non-hydrogen) atoms. The van der Waals surface area contributed by atoms with Crippen molar-refractivity contribution in [3.63, 3.8) is 0 Å². The molecule has 1 aromatic heterocycles. The molecule has 0 saturated carbocycles. The normalized spacial score (nSPS) is 11.3. The topological polar surface area (TPSA) is 93.2 Å². The van der Waals surface area contributed by atoms with Gasteiger partial charge in [-0.15, -0.1) is 0 Å². The second-order valence-electron chi connectivity index (χ2n) is 4.64. The molecule has 1 amide bonds. The molecule has 0 bridgehead atoms. The van der Waals surface area contributed by atoms with Crippen molar-refractivity contribution < 1.29 is 18.0 Å². The van der Waals surface area contributed by atoms with Crippen molar-refractivity contribution in [3.8, 4) is 0 Å². The Labute approximate surface area is 133 Å². The van der Waals surface area contributed by atoms with Crippen molar-refractivity contribution in [2.75, 3.05) is 0 Å². The summed E-state index contributed by atoms with van der Waals surface area (Å²) in [6.45, 7) is 1.38. The van der Waals surface area contributed by atoms with Crippen molar-refractivity contribution >= 4 is 27.8 Å². The van der Waals surface area contributed by atoms with E-state index < -0.39 is 15.9 Å². The van der Waals surface area contributed by atoms with E-state index in [0.717, 1.165) is 6.08 Å². The molecule has 2 aromatic rings. The molecule has 118 valence electrons. The van der Waals surface area contributed by atoms with Gasteiger partial charge in [-0.3, -0.25) is 14.6 Å². The zero-order valence-corrected chi connectivity index (χ0v) is 13.1. The Bertz CT molecular complexity index is 841. The number of pyridine rings is 1. The van der Waals surface area contributed by atoms with Crippen LogP contribution in [0.2, 0.25) is 0 Å². The Morgan fingerprint density at radius 2 is 1.78 bits per heavy atom. The summed E-state index contributed by atoms with van der Waals surface area (Å²) in [5.74, 6) is -0.956. The van der Waals surface area contributed by atoms with Crippen LogP contribution in [0.25, 0.3) is 6.08 Å². The molecule has 1 aromatic carbocycles. The molecule has 0 fully saturated rings. The third-order valence-corrected chi connectivity index (χ3v) is 4.26. The van der Waals surface area contributed by atoms with E-state index in [1.807, 2.05) is 4.72 Å². The highest BCUT2D eigenvalue weighted by molar-refractivity contribution is 7.90. The lowest BCUT2D eigenvalue weighted by Gasteiger charge is -2.05. The summed E-state index contributed by atoms with van der Waals surface area (Å²) in [6.07, 6.45) is 4.05. The number of aromatic nitrogens is 1. The maximum Gasteiger partial charge on any atom is 0.264 e. The van der Waals surface area contributed by atoms with E-state index >= 15 is 0 Å². The number of amides is 1. The molecule has 1 N–H and O–H groups in total. The molecule has 7 heteroatoms. The van der Waals surface area contributed by atoms with Crippen molar-refractivity contribution in [1.29, 1.82) is 0 Å². The van der Waals surface area contributed by atoms with E-state index in [1.165, 1.54) is 37.3 Å². The fraction of sp³-hybridized carbons (Fsp3) is 0.0625. The summed E-state index contributed by atoms with van der Waals surface area (Å²) in [7, 11) is -3.99. The third-order valence-electron chi connectivity index (χ3n) is 2.90. The van der Waals surface area contributed by atoms with Crippen LogP contribution in [-0.2, 0) is 14.8 Å². The smallest absolute Gasteiger partial charge is 0.264 e. The summed E-state index contributed by atoms with van der Waals surface area (Å²) in [5.41, 5.74) is 0.927. The predicted octanol–water partition coefficient (Wildman–Crippen LogP) is 1.80. The number of hydrogen-bond donors (Lipinski definition) is 1. The number of Topliss-reactive ketones (excluding diaryl/α,β-unsaturated/α-hetero) is 1. The fourth-order valence-corrected chi connectivity index (χ4v) is 2.67. The minimum Gasteiger partial charge on any atom is -0.295 e. The average molecular weight is 330 g/mol. The van der Waals surface area contributed by atoms with Crippen molar-refractivity contribution in [2.45, 2.75) is 11.8 Å². The Kier molecular flexibility index (Phi) is 5.02. The Morgan fingerprint density at radius 3 is 2.35 bits per heavy atom. The second kappa shape index (κ2) is 6.97. The first-order valence-corrected chi connectivity index (χ1v) is 8.14. The van der Waals surface area contributed by atoms with Crippen LogP contribution in [0.3, 0.4) is 0 Å². The largest absolute Gasteiger partial charge is 0.295 e. The first kappa shape index (κ1) is 16.6. The predicted molar refractivity (Wildman–Crippen MR) is 85.0 cm³/mol. The second-order valence-corrected chi connectivity index (χ2v) is 6.32. The summed E-state index contributed by atoms with van der Waals surface area (Å²) in [4.78, 5) is 26.8. The van der Waals surface area contributed by atoms with Gasteiger partial charge in [-0.1, -0.05) is 18.2 Å². The number of rotatable bonds is 5. The van der Waals surface area contributed by atoms with Crippen molar-refractivity contribution in [1.82, 2.24) is 9.71 Å². The zero-order valence-electron chi connectivity index (χ0n) is 12.3. The van der Waals surface area contributed by atoms with Crippen LogP contribution in [0.5, 0.6) is 0 Å². The summed E-state index contributed by atoms with van der Waals surface area (Å²) in [5, 5.41) is 0. The van der Waals surface area contributed by atoms with Gasteiger partial charge in [0.05, 0.1) is 10.6 Å². The molecule has 0 radical (unpaired) electrons.